The fourth-order valence-electron chi connectivity index (χ4n) is 6.11. The van der Waals surface area contributed by atoms with Crippen molar-refractivity contribution in [2.75, 3.05) is 0 Å². The molecule has 0 radical (unpaired) electrons. The number of allylic oxidation sites excluding steroid dienone is 1. The molecule has 6 heteroatoms. The highest BCUT2D eigenvalue weighted by Gasteiger charge is 2.27. The Morgan fingerprint density at radius 3 is 2.63 bits per heavy atom. The van der Waals surface area contributed by atoms with Gasteiger partial charge in [0.1, 0.15) is 5.82 Å². The lowest BCUT2D eigenvalue weighted by atomic mass is 9.89. The van der Waals surface area contributed by atoms with Crippen molar-refractivity contribution in [1.82, 2.24) is 20.2 Å². The highest BCUT2D eigenvalue weighted by atomic mass is 32.1. The van der Waals surface area contributed by atoms with Gasteiger partial charge in [-0.2, -0.15) is 0 Å². The van der Waals surface area contributed by atoms with Crippen molar-refractivity contribution in [1.29, 1.82) is 0 Å². The van der Waals surface area contributed by atoms with E-state index in [1.54, 1.807) is 0 Å². The molecule has 3 aromatic carbocycles. The molecular formula is C35H35N5S. The fraction of sp³-hybridized carbons (Fsp3) is 0.257. The Balaban J connectivity index is 1.05. The maximum atomic E-state index is 4.90. The summed E-state index contributed by atoms with van der Waals surface area (Å²) in [7, 11) is 0. The van der Waals surface area contributed by atoms with Gasteiger partial charge in [-0.05, 0) is 71.7 Å². The number of imidazole rings is 1. The number of nitrogens with one attached hydrogen (secondary N) is 2. The van der Waals surface area contributed by atoms with Crippen LogP contribution in [0.5, 0.6) is 0 Å². The molecule has 3 heterocycles. The molecule has 5 aromatic rings. The summed E-state index contributed by atoms with van der Waals surface area (Å²) < 4.78 is 1.37. The summed E-state index contributed by atoms with van der Waals surface area (Å²) >= 11 is 1.90. The Morgan fingerprint density at radius 1 is 0.927 bits per heavy atom. The van der Waals surface area contributed by atoms with Crippen LogP contribution in [0.3, 0.4) is 0 Å². The Bertz CT molecular complexity index is 1720. The number of para-hydroxylation sites is 2. The predicted octanol–water partition coefficient (Wildman–Crippen LogP) is 7.48. The number of aromatic nitrogens is 2. The second kappa shape index (κ2) is 11.6. The molecular weight excluding hydrogens is 522 g/mol. The number of hydrogen-bond acceptors (Lipinski definition) is 5. The summed E-state index contributed by atoms with van der Waals surface area (Å²) in [6.45, 7) is 5.64. The minimum absolute atomic E-state index is 0.312. The van der Waals surface area contributed by atoms with E-state index in [1.807, 2.05) is 23.6 Å². The summed E-state index contributed by atoms with van der Waals surface area (Å²) in [4.78, 5) is 17.1. The van der Waals surface area contributed by atoms with Crippen LogP contribution in [0.4, 0.5) is 0 Å². The Hall–Kier alpha value is -3.84. The van der Waals surface area contributed by atoms with Gasteiger partial charge in [0.05, 0.1) is 23.6 Å². The van der Waals surface area contributed by atoms with Gasteiger partial charge in [0.25, 0.3) is 0 Å². The van der Waals surface area contributed by atoms with Crippen molar-refractivity contribution >= 4 is 38.7 Å². The summed E-state index contributed by atoms with van der Waals surface area (Å²) in [5.41, 5.74) is 7.49. The molecule has 2 aromatic heterocycles. The minimum Gasteiger partial charge on any atom is -0.341 e. The SMILES string of the molecule is Cc1c(CNCc2ccc(CN(Cc3nc4ccccc4[nH]3)C3C=C4C=CC=NC4CC3)cc2)sc2ccccc12. The van der Waals surface area contributed by atoms with Crippen LogP contribution in [0.2, 0.25) is 0 Å². The van der Waals surface area contributed by atoms with Crippen LogP contribution in [-0.4, -0.2) is 33.2 Å². The minimum atomic E-state index is 0.312. The van der Waals surface area contributed by atoms with Crippen LogP contribution in [0.15, 0.2) is 102 Å². The monoisotopic (exact) mass is 557 g/mol. The highest BCUT2D eigenvalue weighted by molar-refractivity contribution is 7.19. The molecule has 2 atom stereocenters. The highest BCUT2D eigenvalue weighted by Crippen LogP contribution is 2.31. The Morgan fingerprint density at radius 2 is 1.76 bits per heavy atom. The van der Waals surface area contributed by atoms with Crippen molar-refractivity contribution in [3.8, 4) is 0 Å². The van der Waals surface area contributed by atoms with Gasteiger partial charge >= 0.3 is 0 Å². The lowest BCUT2D eigenvalue weighted by Crippen LogP contribution is -2.37. The van der Waals surface area contributed by atoms with Crippen LogP contribution in [0, 0.1) is 6.92 Å². The molecule has 2 N–H and O–H groups in total. The number of aromatic amines is 1. The summed E-state index contributed by atoms with van der Waals surface area (Å²) in [6, 6.07) is 26.8. The molecule has 41 heavy (non-hydrogen) atoms. The maximum absolute atomic E-state index is 4.90. The third kappa shape index (κ3) is 5.68. The van der Waals surface area contributed by atoms with Gasteiger partial charge in [0.15, 0.2) is 0 Å². The zero-order valence-electron chi connectivity index (χ0n) is 23.4. The van der Waals surface area contributed by atoms with Gasteiger partial charge in [-0.1, -0.05) is 66.7 Å². The van der Waals surface area contributed by atoms with Gasteiger partial charge in [0.2, 0.25) is 0 Å². The van der Waals surface area contributed by atoms with E-state index in [2.05, 4.69) is 112 Å². The van der Waals surface area contributed by atoms with Crippen LogP contribution >= 0.6 is 11.3 Å². The molecule has 0 saturated carbocycles. The van der Waals surface area contributed by atoms with E-state index >= 15 is 0 Å². The van der Waals surface area contributed by atoms with Crippen LogP contribution in [-0.2, 0) is 26.2 Å². The third-order valence-corrected chi connectivity index (χ3v) is 9.65. The quantitative estimate of drug-likeness (QED) is 0.198. The van der Waals surface area contributed by atoms with E-state index < -0.39 is 0 Å². The number of fused-ring (bicyclic) bond motifs is 3. The predicted molar refractivity (Wildman–Crippen MR) is 171 cm³/mol. The third-order valence-electron chi connectivity index (χ3n) is 8.37. The first-order chi connectivity index (χ1) is 20.2. The Labute approximate surface area is 245 Å². The molecule has 7 rings (SSSR count). The number of dihydropyridines is 1. The van der Waals surface area contributed by atoms with Crippen molar-refractivity contribution in [2.24, 2.45) is 4.99 Å². The first-order valence-electron chi connectivity index (χ1n) is 14.5. The maximum Gasteiger partial charge on any atom is 0.121 e. The number of rotatable bonds is 9. The largest absolute Gasteiger partial charge is 0.341 e. The molecule has 0 spiro atoms. The second-order valence-corrected chi connectivity index (χ2v) is 12.3. The standard InChI is InChI=1S/C35H35N5S/c1-24-29-8-2-5-11-33(29)41-34(24)21-36-20-25-12-14-26(15-13-25)22-40(23-35-38-31-9-3-4-10-32(31)39-35)28-16-17-30-27(19-28)7-6-18-37-30/h2-15,18-19,28,30,36H,16-17,20-23H2,1H3,(H,38,39). The van der Waals surface area contributed by atoms with E-state index in [0.29, 0.717) is 12.1 Å². The fourth-order valence-corrected chi connectivity index (χ4v) is 7.29. The first-order valence-corrected chi connectivity index (χ1v) is 15.4. The van der Waals surface area contributed by atoms with Crippen molar-refractivity contribution in [3.63, 3.8) is 0 Å². The van der Waals surface area contributed by atoms with E-state index in [1.165, 1.54) is 37.2 Å². The molecule has 206 valence electrons. The van der Waals surface area contributed by atoms with E-state index in [0.717, 1.165) is 55.9 Å². The van der Waals surface area contributed by atoms with Crippen LogP contribution < -0.4 is 5.32 Å². The van der Waals surface area contributed by atoms with E-state index in [9.17, 15) is 0 Å². The van der Waals surface area contributed by atoms with E-state index in [-0.39, 0.29) is 0 Å². The van der Waals surface area contributed by atoms with Crippen LogP contribution in [0.1, 0.15) is 40.2 Å². The summed E-state index contributed by atoms with van der Waals surface area (Å²) in [5.74, 6) is 1.02. The number of aliphatic imine (C=N–C) groups is 1. The molecule has 2 aliphatic rings. The van der Waals surface area contributed by atoms with Gasteiger partial charge in [0, 0.05) is 41.5 Å². The molecule has 5 nitrogen and oxygen atoms in total. The molecule has 2 unspecified atom stereocenters. The number of aryl methyl sites for hydroxylation is 1. The van der Waals surface area contributed by atoms with Gasteiger partial charge < -0.3 is 10.3 Å². The summed E-state index contributed by atoms with van der Waals surface area (Å²) in [5, 5.41) is 5.04. The average Bonchev–Trinajstić information content (AvgIpc) is 3.57. The zero-order valence-corrected chi connectivity index (χ0v) is 24.2. The van der Waals surface area contributed by atoms with Gasteiger partial charge in [-0.15, -0.1) is 11.3 Å². The lowest BCUT2D eigenvalue weighted by molar-refractivity contribution is 0.188. The molecule has 1 aliphatic carbocycles. The van der Waals surface area contributed by atoms with Crippen molar-refractivity contribution in [3.05, 3.63) is 124 Å². The molecule has 0 bridgehead atoms. The smallest absolute Gasteiger partial charge is 0.121 e. The molecule has 0 amide bonds. The van der Waals surface area contributed by atoms with Crippen molar-refractivity contribution in [2.45, 2.75) is 58.0 Å². The second-order valence-electron chi connectivity index (χ2n) is 11.2. The molecule has 0 fully saturated rings. The van der Waals surface area contributed by atoms with Crippen molar-refractivity contribution < 1.29 is 0 Å². The van der Waals surface area contributed by atoms with E-state index in [4.69, 9.17) is 4.98 Å². The zero-order chi connectivity index (χ0) is 27.6. The first kappa shape index (κ1) is 26.1. The number of hydrogen-bond donors (Lipinski definition) is 2. The number of thiophene rings is 1. The molecule has 1 aliphatic heterocycles. The number of H-pyrrole nitrogens is 1. The average molecular weight is 558 g/mol. The van der Waals surface area contributed by atoms with Gasteiger partial charge in [-0.3, -0.25) is 9.89 Å². The number of benzene rings is 3. The summed E-state index contributed by atoms with van der Waals surface area (Å²) in [6.07, 6.45) is 10.8. The number of nitrogens with zero attached hydrogens (tertiary/aromatic N) is 3. The van der Waals surface area contributed by atoms with Crippen LogP contribution in [0.25, 0.3) is 21.1 Å². The molecule has 0 saturated heterocycles. The van der Waals surface area contributed by atoms with Gasteiger partial charge in [-0.25, -0.2) is 4.98 Å². The Kier molecular flexibility index (Phi) is 7.36. The topological polar surface area (TPSA) is 56.3 Å². The normalized spacial score (nSPS) is 18.3. The lowest BCUT2D eigenvalue weighted by Gasteiger charge is -2.34.